The molecular weight excluding hydrogens is 409 g/mol. The van der Waals surface area contributed by atoms with E-state index in [-0.39, 0.29) is 5.69 Å². The van der Waals surface area contributed by atoms with Gasteiger partial charge in [0.1, 0.15) is 11.4 Å². The number of hydrogen-bond acceptors (Lipinski definition) is 5. The minimum atomic E-state index is -5.43. The summed E-state index contributed by atoms with van der Waals surface area (Å²) < 4.78 is 48.1. The van der Waals surface area contributed by atoms with E-state index in [9.17, 15) is 32.3 Å². The molecule has 2 amide bonds. The summed E-state index contributed by atoms with van der Waals surface area (Å²) in [7, 11) is 0. The molecule has 0 unspecified atom stereocenters. The zero-order valence-corrected chi connectivity index (χ0v) is 14.7. The van der Waals surface area contributed by atoms with Gasteiger partial charge >= 0.3 is 11.9 Å². The number of amides is 2. The number of rotatable bonds is 3. The second kappa shape index (κ2) is 6.47. The Balaban J connectivity index is 2.01. The lowest BCUT2D eigenvalue weighted by Gasteiger charge is -2.29. The molecule has 3 heterocycles. The van der Waals surface area contributed by atoms with Gasteiger partial charge in [-0.05, 0) is 24.3 Å². The van der Waals surface area contributed by atoms with E-state index in [0.717, 1.165) is 12.3 Å². The minimum Gasteiger partial charge on any atom is -0.459 e. The fourth-order valence-corrected chi connectivity index (χ4v) is 3.24. The largest absolute Gasteiger partial charge is 0.459 e. The first-order valence-corrected chi connectivity index (χ1v) is 8.36. The Labute approximate surface area is 164 Å². The van der Waals surface area contributed by atoms with Gasteiger partial charge in [-0.15, -0.1) is 0 Å². The number of benzene rings is 1. The first kappa shape index (κ1) is 19.2. The van der Waals surface area contributed by atoms with E-state index in [2.05, 4.69) is 0 Å². The van der Waals surface area contributed by atoms with Crippen LogP contribution in [0.3, 0.4) is 0 Å². The summed E-state index contributed by atoms with van der Waals surface area (Å²) in [5.41, 5.74) is -7.36. The number of aromatic nitrogens is 2. The van der Waals surface area contributed by atoms with Crippen LogP contribution in [0.25, 0.3) is 5.69 Å². The monoisotopic (exact) mass is 420 g/mol. The van der Waals surface area contributed by atoms with Crippen molar-refractivity contribution < 1.29 is 27.2 Å². The van der Waals surface area contributed by atoms with Crippen molar-refractivity contribution in [2.45, 2.75) is 11.7 Å². The highest BCUT2D eigenvalue weighted by atomic mass is 19.4. The third kappa shape index (κ3) is 2.64. The topological polar surface area (TPSA) is 126 Å². The molecule has 0 radical (unpaired) electrons. The fourth-order valence-electron chi connectivity index (χ4n) is 3.24. The Morgan fingerprint density at radius 3 is 2.37 bits per heavy atom. The molecule has 0 aliphatic carbocycles. The van der Waals surface area contributed by atoms with Gasteiger partial charge < -0.3 is 15.1 Å². The normalized spacial score (nSPS) is 18.0. The summed E-state index contributed by atoms with van der Waals surface area (Å²) in [6, 6.07) is 9.74. The van der Waals surface area contributed by atoms with E-state index in [1.54, 1.807) is 16.4 Å². The number of alkyl halides is 3. The zero-order chi connectivity index (χ0) is 21.7. The second-order valence-corrected chi connectivity index (χ2v) is 6.29. The maximum Gasteiger partial charge on any atom is 0.425 e. The molecule has 0 spiro atoms. The van der Waals surface area contributed by atoms with Gasteiger partial charge in [0.2, 0.25) is 0 Å². The Bertz CT molecular complexity index is 1260. The third-order valence-corrected chi connectivity index (χ3v) is 4.54. The molecule has 0 saturated carbocycles. The predicted octanol–water partition coefficient (Wildman–Crippen LogP) is 1.26. The average molecular weight is 420 g/mol. The number of carbonyl (C=O) groups is 2. The van der Waals surface area contributed by atoms with Crippen LogP contribution in [0.1, 0.15) is 16.1 Å². The molecule has 2 aromatic heterocycles. The van der Waals surface area contributed by atoms with Crippen LogP contribution < -0.4 is 21.9 Å². The molecule has 0 bridgehead atoms. The summed E-state index contributed by atoms with van der Waals surface area (Å²) in [5, 5.41) is 3.51. The second-order valence-electron chi connectivity index (χ2n) is 6.29. The molecule has 9 nitrogen and oxygen atoms in total. The van der Waals surface area contributed by atoms with E-state index >= 15 is 0 Å². The SMILES string of the molecule is O=C(N[C@]1(C(F)(F)F)C(=O)Nc2c1c(=O)[nH]c(=O)n2-c1ccccc1)c1ccco1. The van der Waals surface area contributed by atoms with Crippen molar-refractivity contribution in [3.63, 3.8) is 0 Å². The molecule has 154 valence electrons. The maximum absolute atomic E-state index is 14.2. The Hall–Kier alpha value is -4.09. The summed E-state index contributed by atoms with van der Waals surface area (Å²) in [6.45, 7) is 0. The van der Waals surface area contributed by atoms with Crippen LogP contribution in [0.5, 0.6) is 0 Å². The van der Waals surface area contributed by atoms with Crippen LogP contribution in [0.2, 0.25) is 0 Å². The molecule has 1 aliphatic heterocycles. The molecule has 3 aromatic rings. The Morgan fingerprint density at radius 2 is 1.77 bits per heavy atom. The molecule has 1 atom stereocenters. The summed E-state index contributed by atoms with van der Waals surface area (Å²) in [6.07, 6.45) is -4.38. The molecule has 1 aromatic carbocycles. The summed E-state index contributed by atoms with van der Waals surface area (Å²) in [5.74, 6) is -4.33. The van der Waals surface area contributed by atoms with Crippen molar-refractivity contribution in [1.29, 1.82) is 0 Å². The quantitative estimate of drug-likeness (QED) is 0.588. The number of carbonyl (C=O) groups excluding carboxylic acids is 2. The third-order valence-electron chi connectivity index (χ3n) is 4.54. The maximum atomic E-state index is 14.2. The van der Waals surface area contributed by atoms with E-state index in [0.29, 0.717) is 4.57 Å². The molecule has 30 heavy (non-hydrogen) atoms. The number of nitrogens with zero attached hydrogens (tertiary/aromatic N) is 1. The number of H-pyrrole nitrogens is 1. The highest BCUT2D eigenvalue weighted by Crippen LogP contribution is 2.45. The van der Waals surface area contributed by atoms with E-state index in [1.165, 1.54) is 30.3 Å². The van der Waals surface area contributed by atoms with Crippen LogP contribution in [0.15, 0.2) is 62.7 Å². The molecule has 0 saturated heterocycles. The summed E-state index contributed by atoms with van der Waals surface area (Å²) >= 11 is 0. The van der Waals surface area contributed by atoms with Gasteiger partial charge in [-0.25, -0.2) is 9.36 Å². The number of para-hydroxylation sites is 1. The van der Waals surface area contributed by atoms with Crippen LogP contribution in [0.4, 0.5) is 19.0 Å². The van der Waals surface area contributed by atoms with Crippen LogP contribution >= 0.6 is 0 Å². The number of aromatic amines is 1. The number of halogens is 3. The van der Waals surface area contributed by atoms with Crippen LogP contribution in [-0.4, -0.2) is 27.5 Å². The lowest BCUT2D eigenvalue weighted by molar-refractivity contribution is -0.196. The highest BCUT2D eigenvalue weighted by Gasteiger charge is 2.68. The summed E-state index contributed by atoms with van der Waals surface area (Å²) in [4.78, 5) is 51.5. The van der Waals surface area contributed by atoms with Crippen molar-refractivity contribution in [2.24, 2.45) is 0 Å². The predicted molar refractivity (Wildman–Crippen MR) is 95.2 cm³/mol. The van der Waals surface area contributed by atoms with Crippen molar-refractivity contribution in [1.82, 2.24) is 14.9 Å². The zero-order valence-electron chi connectivity index (χ0n) is 14.7. The van der Waals surface area contributed by atoms with Gasteiger partial charge in [-0.2, -0.15) is 13.2 Å². The van der Waals surface area contributed by atoms with E-state index in [4.69, 9.17) is 4.42 Å². The van der Waals surface area contributed by atoms with Gasteiger partial charge in [-0.1, -0.05) is 18.2 Å². The van der Waals surface area contributed by atoms with Gasteiger partial charge in [0, 0.05) is 0 Å². The molecule has 0 fully saturated rings. The van der Waals surface area contributed by atoms with E-state index < -0.39 is 51.9 Å². The van der Waals surface area contributed by atoms with Crippen molar-refractivity contribution in [2.75, 3.05) is 5.32 Å². The lowest BCUT2D eigenvalue weighted by atomic mass is 9.91. The van der Waals surface area contributed by atoms with Crippen molar-refractivity contribution in [3.05, 3.63) is 80.9 Å². The van der Waals surface area contributed by atoms with Crippen LogP contribution in [-0.2, 0) is 10.3 Å². The Morgan fingerprint density at radius 1 is 1.07 bits per heavy atom. The standard InChI is InChI=1S/C18H11F3N4O5/c19-18(20,21)17(24-13(26)10-7-4-8-30-10)11-12(22-15(17)28)25(16(29)23-14(11)27)9-5-2-1-3-6-9/h1-8H,(H,22,28)(H,24,26)(H,23,27,29)/t17-/m0/s1. The number of nitrogens with one attached hydrogen (secondary N) is 3. The average Bonchev–Trinajstić information content (AvgIpc) is 3.30. The number of furan rings is 1. The Kier molecular flexibility index (Phi) is 4.15. The molecule has 4 rings (SSSR count). The smallest absolute Gasteiger partial charge is 0.425 e. The molecular formula is C18H11F3N4O5. The first-order valence-electron chi connectivity index (χ1n) is 8.36. The minimum absolute atomic E-state index is 0.0886. The van der Waals surface area contributed by atoms with Crippen molar-refractivity contribution in [3.8, 4) is 5.69 Å². The first-order chi connectivity index (χ1) is 14.2. The molecule has 3 N–H and O–H groups in total. The van der Waals surface area contributed by atoms with Crippen molar-refractivity contribution >= 4 is 17.6 Å². The van der Waals surface area contributed by atoms with Gasteiger partial charge in [0.15, 0.2) is 5.76 Å². The van der Waals surface area contributed by atoms with Gasteiger partial charge in [0.05, 0.1) is 12.0 Å². The number of fused-ring (bicyclic) bond motifs is 1. The fraction of sp³-hybridized carbons (Fsp3) is 0.111. The van der Waals surface area contributed by atoms with Gasteiger partial charge in [0.25, 0.3) is 22.9 Å². The van der Waals surface area contributed by atoms with E-state index in [1.807, 2.05) is 5.32 Å². The number of hydrogen-bond donors (Lipinski definition) is 3. The molecule has 1 aliphatic rings. The highest BCUT2D eigenvalue weighted by molar-refractivity contribution is 6.09. The lowest BCUT2D eigenvalue weighted by Crippen LogP contribution is -2.62. The number of anilines is 1. The van der Waals surface area contributed by atoms with Gasteiger partial charge in [-0.3, -0.25) is 19.4 Å². The van der Waals surface area contributed by atoms with Crippen LogP contribution in [0, 0.1) is 0 Å². The molecule has 12 heteroatoms.